The van der Waals surface area contributed by atoms with Gasteiger partial charge in [-0.3, -0.25) is 10.1 Å². The Hall–Kier alpha value is -0.940. The van der Waals surface area contributed by atoms with Crippen LogP contribution in [0.25, 0.3) is 0 Å². The normalized spacial score (nSPS) is 26.5. The second-order valence-corrected chi connectivity index (χ2v) is 4.59. The molecule has 1 aromatic heterocycles. The molecule has 1 aromatic rings. The third-order valence-electron chi connectivity index (χ3n) is 2.56. The molecule has 0 bridgehead atoms. The lowest BCUT2D eigenvalue weighted by Gasteiger charge is -2.21. The maximum atomic E-state index is 11.5. The average molecular weight is 211 g/mol. The number of nitrogens with zero attached hydrogens (tertiary/aromatic N) is 1. The van der Waals surface area contributed by atoms with E-state index < -0.39 is 5.54 Å². The molecule has 1 fully saturated rings. The van der Waals surface area contributed by atoms with E-state index in [1.165, 1.54) is 11.5 Å². The van der Waals surface area contributed by atoms with E-state index >= 15 is 0 Å². The number of hydrogen-bond donors (Lipinski definition) is 2. The number of carbonyl (C=O) groups is 1. The highest BCUT2D eigenvalue weighted by molar-refractivity contribution is 7.05. The molecule has 2 heterocycles. The molecule has 0 spiro atoms. The van der Waals surface area contributed by atoms with Gasteiger partial charge in [0, 0.05) is 24.2 Å². The Morgan fingerprint density at radius 1 is 1.79 bits per heavy atom. The number of nitrogens with one attached hydrogen (secondary N) is 2. The molecule has 4 nitrogen and oxygen atoms in total. The Morgan fingerprint density at radius 2 is 2.64 bits per heavy atom. The highest BCUT2D eigenvalue weighted by Gasteiger charge is 2.36. The number of aromatic nitrogens is 1. The third kappa shape index (κ3) is 1.78. The van der Waals surface area contributed by atoms with E-state index in [4.69, 9.17) is 0 Å². The number of amides is 1. The molecule has 14 heavy (non-hydrogen) atoms. The summed E-state index contributed by atoms with van der Waals surface area (Å²) in [6.45, 7) is 3.43. The van der Waals surface area contributed by atoms with Gasteiger partial charge in [0.25, 0.3) is 0 Å². The van der Waals surface area contributed by atoms with Crippen molar-refractivity contribution in [2.75, 3.05) is 6.54 Å². The summed E-state index contributed by atoms with van der Waals surface area (Å²) in [5.41, 5.74) is -0.399. The van der Waals surface area contributed by atoms with Crippen molar-refractivity contribution in [1.29, 1.82) is 0 Å². The van der Waals surface area contributed by atoms with Crippen LogP contribution in [-0.2, 0) is 11.3 Å². The van der Waals surface area contributed by atoms with Gasteiger partial charge in [-0.25, -0.2) is 4.37 Å². The molecule has 1 aliphatic rings. The SMILES string of the molecule is CC1(NCc2ccns2)CCNC1=O. The zero-order valence-electron chi connectivity index (χ0n) is 8.04. The summed E-state index contributed by atoms with van der Waals surface area (Å²) in [6, 6.07) is 1.97. The van der Waals surface area contributed by atoms with Crippen molar-refractivity contribution in [2.45, 2.75) is 25.4 Å². The molecule has 2 N–H and O–H groups in total. The largest absolute Gasteiger partial charge is 0.354 e. The summed E-state index contributed by atoms with van der Waals surface area (Å²) in [5, 5.41) is 6.10. The maximum Gasteiger partial charge on any atom is 0.240 e. The van der Waals surface area contributed by atoms with Gasteiger partial charge >= 0.3 is 0 Å². The van der Waals surface area contributed by atoms with Crippen LogP contribution in [0.3, 0.4) is 0 Å². The van der Waals surface area contributed by atoms with E-state index in [1.54, 1.807) is 6.20 Å². The van der Waals surface area contributed by atoms with E-state index in [2.05, 4.69) is 15.0 Å². The maximum absolute atomic E-state index is 11.5. The Morgan fingerprint density at radius 3 is 3.21 bits per heavy atom. The van der Waals surface area contributed by atoms with Gasteiger partial charge in [0.15, 0.2) is 0 Å². The molecule has 0 radical (unpaired) electrons. The zero-order chi connectivity index (χ0) is 10.0. The minimum Gasteiger partial charge on any atom is -0.354 e. The van der Waals surface area contributed by atoms with Crippen LogP contribution < -0.4 is 10.6 Å². The average Bonchev–Trinajstić information content (AvgIpc) is 2.75. The molecule has 1 atom stereocenters. The topological polar surface area (TPSA) is 54.0 Å². The van der Waals surface area contributed by atoms with Crippen molar-refractivity contribution in [3.63, 3.8) is 0 Å². The van der Waals surface area contributed by atoms with Crippen molar-refractivity contribution < 1.29 is 4.79 Å². The van der Waals surface area contributed by atoms with Crippen molar-refractivity contribution in [3.05, 3.63) is 17.1 Å². The van der Waals surface area contributed by atoms with Crippen LogP contribution >= 0.6 is 11.5 Å². The van der Waals surface area contributed by atoms with Gasteiger partial charge in [-0.2, -0.15) is 0 Å². The Balaban J connectivity index is 1.94. The predicted octanol–water partition coefficient (Wildman–Crippen LogP) is 0.511. The highest BCUT2D eigenvalue weighted by atomic mass is 32.1. The monoisotopic (exact) mass is 211 g/mol. The molecule has 2 rings (SSSR count). The van der Waals surface area contributed by atoms with Crippen LogP contribution in [-0.4, -0.2) is 22.4 Å². The minimum absolute atomic E-state index is 0.0991. The predicted molar refractivity (Wildman–Crippen MR) is 55.0 cm³/mol. The van der Waals surface area contributed by atoms with E-state index in [-0.39, 0.29) is 5.91 Å². The highest BCUT2D eigenvalue weighted by Crippen LogP contribution is 2.16. The van der Waals surface area contributed by atoms with Gasteiger partial charge in [0.1, 0.15) is 0 Å². The van der Waals surface area contributed by atoms with Crippen molar-refractivity contribution in [2.24, 2.45) is 0 Å². The van der Waals surface area contributed by atoms with E-state index in [9.17, 15) is 4.79 Å². The van der Waals surface area contributed by atoms with Crippen LogP contribution in [0.2, 0.25) is 0 Å². The first-order valence-electron chi connectivity index (χ1n) is 4.64. The lowest BCUT2D eigenvalue weighted by atomic mass is 10.0. The van der Waals surface area contributed by atoms with Crippen molar-refractivity contribution in [3.8, 4) is 0 Å². The summed E-state index contributed by atoms with van der Waals surface area (Å²) in [5.74, 6) is 0.0991. The van der Waals surface area contributed by atoms with Crippen LogP contribution in [0.1, 0.15) is 18.2 Å². The van der Waals surface area contributed by atoms with Gasteiger partial charge in [-0.05, 0) is 30.9 Å². The summed E-state index contributed by atoms with van der Waals surface area (Å²) in [4.78, 5) is 12.6. The molecule has 0 saturated carbocycles. The molecule has 1 amide bonds. The standard InChI is InChI=1S/C9H13N3OS/c1-9(3-5-10-8(9)13)11-6-7-2-4-12-14-7/h2,4,11H,3,5-6H2,1H3,(H,10,13). The summed E-state index contributed by atoms with van der Waals surface area (Å²) in [6.07, 6.45) is 2.63. The molecule has 1 saturated heterocycles. The van der Waals surface area contributed by atoms with E-state index in [0.29, 0.717) is 6.54 Å². The summed E-state index contributed by atoms with van der Waals surface area (Å²) < 4.78 is 4.01. The second-order valence-electron chi connectivity index (χ2n) is 3.67. The van der Waals surface area contributed by atoms with Gasteiger partial charge < -0.3 is 5.32 Å². The second kappa shape index (κ2) is 3.67. The Labute approximate surface area is 86.9 Å². The quantitative estimate of drug-likeness (QED) is 0.766. The lowest BCUT2D eigenvalue weighted by molar-refractivity contribution is -0.124. The first kappa shape index (κ1) is 9.61. The van der Waals surface area contributed by atoms with Crippen LogP contribution in [0.15, 0.2) is 12.3 Å². The fourth-order valence-electron chi connectivity index (χ4n) is 1.52. The van der Waals surface area contributed by atoms with Crippen LogP contribution in [0, 0.1) is 0 Å². The molecule has 5 heteroatoms. The van der Waals surface area contributed by atoms with Gasteiger partial charge in [-0.15, -0.1) is 0 Å². The molecule has 1 unspecified atom stereocenters. The number of carbonyl (C=O) groups excluding carboxylic acids is 1. The Kier molecular flexibility index (Phi) is 2.52. The number of rotatable bonds is 3. The minimum atomic E-state index is -0.399. The smallest absolute Gasteiger partial charge is 0.240 e. The van der Waals surface area contributed by atoms with Crippen LogP contribution in [0.5, 0.6) is 0 Å². The van der Waals surface area contributed by atoms with Crippen molar-refractivity contribution >= 4 is 17.4 Å². The molecular formula is C9H13N3OS. The molecular weight excluding hydrogens is 198 g/mol. The lowest BCUT2D eigenvalue weighted by Crippen LogP contribution is -2.47. The zero-order valence-corrected chi connectivity index (χ0v) is 8.86. The fraction of sp³-hybridized carbons (Fsp3) is 0.556. The first-order chi connectivity index (χ1) is 6.71. The summed E-state index contributed by atoms with van der Waals surface area (Å²) in [7, 11) is 0. The van der Waals surface area contributed by atoms with Gasteiger partial charge in [-0.1, -0.05) is 0 Å². The van der Waals surface area contributed by atoms with Crippen molar-refractivity contribution in [1.82, 2.24) is 15.0 Å². The molecule has 0 aliphatic carbocycles. The molecule has 76 valence electrons. The summed E-state index contributed by atoms with van der Waals surface area (Å²) >= 11 is 1.46. The first-order valence-corrected chi connectivity index (χ1v) is 5.41. The van der Waals surface area contributed by atoms with E-state index in [0.717, 1.165) is 17.8 Å². The van der Waals surface area contributed by atoms with Gasteiger partial charge in [0.2, 0.25) is 5.91 Å². The van der Waals surface area contributed by atoms with Gasteiger partial charge in [0.05, 0.1) is 5.54 Å². The Bertz CT molecular complexity index is 325. The molecule has 0 aromatic carbocycles. The number of hydrogen-bond acceptors (Lipinski definition) is 4. The molecule has 1 aliphatic heterocycles. The van der Waals surface area contributed by atoms with Crippen LogP contribution in [0.4, 0.5) is 0 Å². The third-order valence-corrected chi connectivity index (χ3v) is 3.30. The fourth-order valence-corrected chi connectivity index (χ4v) is 2.03. The van der Waals surface area contributed by atoms with E-state index in [1.807, 2.05) is 13.0 Å².